The molecule has 0 fully saturated rings. The summed E-state index contributed by atoms with van der Waals surface area (Å²) in [7, 11) is 0. The quantitative estimate of drug-likeness (QED) is 0.0425. The SMILES string of the molecule is C=C(C)C(=O)OC(C)(C)C(=O)c1ccccc1.C=CC(=O)OC(C)(C)C(=O)c1ccc(C(C)C)cc1.C=CC(=O)OC(C)(C)C(=O)c1ccc(Cl)cc1.C=CC(=O)OC(C)(C)C(=O)c1ccccc1. The van der Waals surface area contributed by atoms with Gasteiger partial charge in [0.05, 0.1) is 0 Å². The van der Waals surface area contributed by atoms with Crippen LogP contribution in [0.25, 0.3) is 0 Å². The van der Waals surface area contributed by atoms with Crippen molar-refractivity contribution in [3.63, 3.8) is 0 Å². The zero-order chi connectivity index (χ0) is 52.9. The first-order valence-electron chi connectivity index (χ1n) is 21.6. The van der Waals surface area contributed by atoms with Crippen molar-refractivity contribution in [2.24, 2.45) is 0 Å². The number of hydrogen-bond acceptors (Lipinski definition) is 12. The first-order chi connectivity index (χ1) is 32.0. The number of benzene rings is 4. The molecule has 0 atom stereocenters. The van der Waals surface area contributed by atoms with Gasteiger partial charge in [-0.2, -0.15) is 0 Å². The number of hydrogen-bond donors (Lipinski definition) is 0. The summed E-state index contributed by atoms with van der Waals surface area (Å²) in [6.45, 7) is 31.6. The van der Waals surface area contributed by atoms with Gasteiger partial charge in [0, 0.05) is 51.1 Å². The molecular formula is C56H63ClO12. The highest BCUT2D eigenvalue weighted by atomic mass is 35.5. The second kappa shape index (κ2) is 26.9. The van der Waals surface area contributed by atoms with E-state index in [1.807, 2.05) is 24.3 Å². The minimum absolute atomic E-state index is 0.224. The standard InChI is InChI=1S/C16H20O3.C14H16O3.C13H13ClO3.C13H14O3/c1-6-14(17)19-16(4,5)15(18)13-9-7-12(8-10-13)11(2)3;1-10(2)13(16)17-14(3,4)12(15)11-8-6-5-7-9-11;1-4-11(15)17-13(2,3)12(16)9-5-7-10(14)8-6-9;1-4-11(14)16-13(2,3)12(15)10-8-6-5-7-9-10/h6-11H,1H2,2-5H3;5-9H,1H2,2-4H3;4-8H,1H2,2-3H3;4-9H,1H2,2-3H3. The van der Waals surface area contributed by atoms with E-state index in [4.69, 9.17) is 30.5 Å². The van der Waals surface area contributed by atoms with E-state index >= 15 is 0 Å². The molecule has 0 unspecified atom stereocenters. The molecule has 0 amide bonds. The largest absolute Gasteiger partial charge is 0.448 e. The summed E-state index contributed by atoms with van der Waals surface area (Å²) >= 11 is 5.73. The Kier molecular flexibility index (Phi) is 23.3. The van der Waals surface area contributed by atoms with Crippen molar-refractivity contribution in [1.82, 2.24) is 0 Å². The Bertz CT molecular complexity index is 2480. The molecule has 0 aliphatic carbocycles. The van der Waals surface area contributed by atoms with Crippen molar-refractivity contribution in [2.45, 2.75) is 104 Å². The molecule has 0 saturated carbocycles. The number of Topliss-reactive ketones (excluding diaryl/α,β-unsaturated/α-hetero) is 4. The molecule has 69 heavy (non-hydrogen) atoms. The van der Waals surface area contributed by atoms with E-state index in [0.29, 0.717) is 33.2 Å². The molecule has 366 valence electrons. The smallest absolute Gasteiger partial charge is 0.334 e. The first-order valence-corrected chi connectivity index (χ1v) is 21.9. The lowest BCUT2D eigenvalue weighted by Gasteiger charge is -2.23. The predicted molar refractivity (Wildman–Crippen MR) is 268 cm³/mol. The minimum Gasteiger partial charge on any atom is -0.448 e. The van der Waals surface area contributed by atoms with Crippen LogP contribution in [0.4, 0.5) is 0 Å². The van der Waals surface area contributed by atoms with Crippen LogP contribution in [0, 0.1) is 0 Å². The Morgan fingerprint density at radius 3 is 0.971 bits per heavy atom. The van der Waals surface area contributed by atoms with Crippen molar-refractivity contribution in [3.8, 4) is 0 Å². The Balaban J connectivity index is 0.000000461. The third-order valence-corrected chi connectivity index (χ3v) is 9.72. The van der Waals surface area contributed by atoms with Gasteiger partial charge in [-0.25, -0.2) is 19.2 Å². The van der Waals surface area contributed by atoms with Gasteiger partial charge in [-0.3, -0.25) is 19.2 Å². The van der Waals surface area contributed by atoms with Gasteiger partial charge < -0.3 is 18.9 Å². The van der Waals surface area contributed by atoms with Crippen LogP contribution in [0.1, 0.15) is 129 Å². The van der Waals surface area contributed by atoms with E-state index < -0.39 is 46.3 Å². The average Bonchev–Trinajstić information content (AvgIpc) is 3.31. The maximum Gasteiger partial charge on any atom is 0.334 e. The van der Waals surface area contributed by atoms with Crippen molar-refractivity contribution < 1.29 is 57.3 Å². The second-order valence-corrected chi connectivity index (χ2v) is 17.9. The first kappa shape index (κ1) is 59.7. The molecule has 4 aromatic carbocycles. The molecule has 0 radical (unpaired) electrons. The van der Waals surface area contributed by atoms with Gasteiger partial charge >= 0.3 is 23.9 Å². The maximum absolute atomic E-state index is 12.3. The number of carbonyl (C=O) groups excluding carboxylic acids is 8. The van der Waals surface area contributed by atoms with Gasteiger partial charge in [0.15, 0.2) is 22.4 Å². The van der Waals surface area contributed by atoms with Gasteiger partial charge in [0.1, 0.15) is 0 Å². The second-order valence-electron chi connectivity index (χ2n) is 17.4. The van der Waals surface area contributed by atoms with Crippen LogP contribution in [0.3, 0.4) is 0 Å². The van der Waals surface area contributed by atoms with Gasteiger partial charge in [-0.15, -0.1) is 0 Å². The number of esters is 4. The zero-order valence-electron chi connectivity index (χ0n) is 41.3. The van der Waals surface area contributed by atoms with Crippen molar-refractivity contribution in [2.75, 3.05) is 0 Å². The molecule has 0 aliphatic rings. The molecule has 0 saturated heterocycles. The predicted octanol–water partition coefficient (Wildman–Crippen LogP) is 11.7. The van der Waals surface area contributed by atoms with E-state index in [-0.39, 0.29) is 28.7 Å². The number of rotatable bonds is 17. The topological polar surface area (TPSA) is 173 Å². The van der Waals surface area contributed by atoms with Crippen LogP contribution in [0.5, 0.6) is 0 Å². The van der Waals surface area contributed by atoms with E-state index in [0.717, 1.165) is 23.8 Å². The Labute approximate surface area is 411 Å². The molecule has 0 aliphatic heterocycles. The van der Waals surface area contributed by atoms with Gasteiger partial charge in [-0.05, 0) is 98.1 Å². The summed E-state index contributed by atoms with van der Waals surface area (Å²) in [5, 5.41) is 0.544. The fourth-order valence-electron chi connectivity index (χ4n) is 5.57. The van der Waals surface area contributed by atoms with Crippen LogP contribution in [-0.4, -0.2) is 69.4 Å². The highest BCUT2D eigenvalue weighted by Gasteiger charge is 2.35. The minimum atomic E-state index is -1.22. The number of ketones is 4. The molecule has 0 aromatic heterocycles. The van der Waals surface area contributed by atoms with Gasteiger partial charge in [0.2, 0.25) is 23.1 Å². The average molecular weight is 964 g/mol. The summed E-state index contributed by atoms with van der Waals surface area (Å²) in [5.74, 6) is -2.95. The Morgan fingerprint density at radius 2 is 0.710 bits per heavy atom. The molecule has 0 N–H and O–H groups in total. The van der Waals surface area contributed by atoms with E-state index in [1.165, 1.54) is 13.8 Å². The summed E-state index contributed by atoms with van der Waals surface area (Å²) < 4.78 is 20.2. The molecule has 4 rings (SSSR count). The molecule has 13 heteroatoms. The Hall–Kier alpha value is -7.31. The van der Waals surface area contributed by atoms with Crippen molar-refractivity contribution >= 4 is 58.6 Å². The van der Waals surface area contributed by atoms with Crippen LogP contribution >= 0.6 is 11.6 Å². The summed E-state index contributed by atoms with van der Waals surface area (Å²) in [6.07, 6.45) is 3.12. The lowest BCUT2D eigenvalue weighted by atomic mass is 9.94. The van der Waals surface area contributed by atoms with E-state index in [2.05, 4.69) is 40.2 Å². The van der Waals surface area contributed by atoms with Crippen molar-refractivity contribution in [1.29, 1.82) is 0 Å². The highest BCUT2D eigenvalue weighted by molar-refractivity contribution is 6.30. The molecule has 0 bridgehead atoms. The molecule has 12 nitrogen and oxygen atoms in total. The lowest BCUT2D eigenvalue weighted by molar-refractivity contribution is -0.148. The van der Waals surface area contributed by atoms with Gasteiger partial charge in [-0.1, -0.05) is 137 Å². The van der Waals surface area contributed by atoms with Crippen LogP contribution in [0.15, 0.2) is 159 Å². The molecular weight excluding hydrogens is 900 g/mol. The van der Waals surface area contributed by atoms with E-state index in [1.54, 1.807) is 133 Å². The van der Waals surface area contributed by atoms with Crippen LogP contribution in [-0.2, 0) is 38.1 Å². The summed E-state index contributed by atoms with van der Waals surface area (Å²) in [6, 6.07) is 31.2. The normalized spacial score (nSPS) is 10.9. The maximum atomic E-state index is 12.3. The monoisotopic (exact) mass is 962 g/mol. The van der Waals surface area contributed by atoms with Crippen molar-refractivity contribution in [3.05, 3.63) is 192 Å². The summed E-state index contributed by atoms with van der Waals surface area (Å²) in [5.41, 5.74) is -1.32. The number of carbonyl (C=O) groups is 8. The van der Waals surface area contributed by atoms with Crippen LogP contribution in [0.2, 0.25) is 5.02 Å². The Morgan fingerprint density at radius 1 is 0.449 bits per heavy atom. The third-order valence-electron chi connectivity index (χ3n) is 9.47. The van der Waals surface area contributed by atoms with Gasteiger partial charge in [0.25, 0.3) is 0 Å². The third kappa shape index (κ3) is 19.8. The molecule has 4 aromatic rings. The zero-order valence-corrected chi connectivity index (χ0v) is 42.1. The number of halogens is 1. The van der Waals surface area contributed by atoms with Crippen LogP contribution < -0.4 is 0 Å². The molecule has 0 heterocycles. The fraction of sp³-hybridized carbons (Fsp3) is 0.286. The molecule has 0 spiro atoms. The summed E-state index contributed by atoms with van der Waals surface area (Å²) in [4.78, 5) is 93.3. The lowest BCUT2D eigenvalue weighted by Crippen LogP contribution is -2.37. The highest BCUT2D eigenvalue weighted by Crippen LogP contribution is 2.23. The number of ether oxygens (including phenoxy) is 4. The fourth-order valence-corrected chi connectivity index (χ4v) is 5.70. The van der Waals surface area contributed by atoms with E-state index in [9.17, 15) is 38.4 Å².